The predicted octanol–water partition coefficient (Wildman–Crippen LogP) is 7.42. The molecule has 4 heteroatoms. The minimum atomic E-state index is -0.887. The molecule has 0 amide bonds. The van der Waals surface area contributed by atoms with Crippen LogP contribution in [0.25, 0.3) is 11.1 Å². The first-order valence-corrected chi connectivity index (χ1v) is 9.15. The second kappa shape index (κ2) is 12.5. The van der Waals surface area contributed by atoms with Crippen LogP contribution in [0.3, 0.4) is 0 Å². The first kappa shape index (κ1) is 22.4. The number of allylic oxidation sites excluding steroid dienone is 10. The van der Waals surface area contributed by atoms with Crippen molar-refractivity contribution in [2.45, 2.75) is 0 Å². The van der Waals surface area contributed by atoms with E-state index in [9.17, 15) is 8.78 Å². The van der Waals surface area contributed by atoms with Crippen LogP contribution >= 0.6 is 0 Å². The number of ether oxygens (including phenoxy) is 2. The van der Waals surface area contributed by atoms with Crippen molar-refractivity contribution >= 4 is 0 Å². The van der Waals surface area contributed by atoms with Gasteiger partial charge in [0.25, 0.3) is 5.95 Å². The Morgan fingerprint density at radius 3 is 2.03 bits per heavy atom. The van der Waals surface area contributed by atoms with E-state index in [0.29, 0.717) is 11.3 Å². The molecule has 2 aromatic carbocycles. The van der Waals surface area contributed by atoms with Crippen molar-refractivity contribution in [3.63, 3.8) is 0 Å². The van der Waals surface area contributed by atoms with Crippen LogP contribution in [0.4, 0.5) is 8.78 Å². The summed E-state index contributed by atoms with van der Waals surface area (Å²) in [5, 5.41) is 0. The average molecular weight is 404 g/mol. The monoisotopic (exact) mass is 404 g/mol. The molecular weight excluding hydrogens is 382 g/mol. The maximum absolute atomic E-state index is 13.9. The van der Waals surface area contributed by atoms with Gasteiger partial charge in [-0.2, -0.15) is 0 Å². The number of hydrogen-bond donors (Lipinski definition) is 0. The van der Waals surface area contributed by atoms with Gasteiger partial charge in [0, 0.05) is 11.6 Å². The third-order valence-corrected chi connectivity index (χ3v) is 3.68. The highest BCUT2D eigenvalue weighted by Gasteiger charge is 2.10. The molecule has 0 aliphatic heterocycles. The number of hydrogen-bond acceptors (Lipinski definition) is 2. The lowest BCUT2D eigenvalue weighted by molar-refractivity contribution is 0.185. The molecule has 0 saturated carbocycles. The molecule has 30 heavy (non-hydrogen) atoms. The maximum atomic E-state index is 13.9. The van der Waals surface area contributed by atoms with Crippen LogP contribution in [0.1, 0.15) is 0 Å². The summed E-state index contributed by atoms with van der Waals surface area (Å²) < 4.78 is 38.3. The van der Waals surface area contributed by atoms with Gasteiger partial charge in [-0.1, -0.05) is 92.1 Å². The molecule has 0 radical (unpaired) electrons. The van der Waals surface area contributed by atoms with Crippen molar-refractivity contribution in [3.05, 3.63) is 140 Å². The summed E-state index contributed by atoms with van der Waals surface area (Å²) in [4.78, 5) is 0. The van der Waals surface area contributed by atoms with Crippen molar-refractivity contribution in [1.29, 1.82) is 0 Å². The van der Waals surface area contributed by atoms with Gasteiger partial charge in [-0.25, -0.2) is 8.78 Å². The van der Waals surface area contributed by atoms with E-state index < -0.39 is 11.6 Å². The Hall–Kier alpha value is -3.92. The highest BCUT2D eigenvalue weighted by molar-refractivity contribution is 5.65. The summed E-state index contributed by atoms with van der Waals surface area (Å²) >= 11 is 0. The minimum absolute atomic E-state index is 0.184. The Labute approximate surface area is 175 Å². The first-order valence-electron chi connectivity index (χ1n) is 9.15. The van der Waals surface area contributed by atoms with Crippen LogP contribution in [0, 0.1) is 11.6 Å². The average Bonchev–Trinajstić information content (AvgIpc) is 2.75. The largest absolute Gasteiger partial charge is 0.435 e. The minimum Gasteiger partial charge on any atom is -0.435 e. The molecule has 0 spiro atoms. The molecule has 0 aliphatic rings. The van der Waals surface area contributed by atoms with Crippen LogP contribution in [-0.2, 0) is 4.74 Å². The molecule has 0 saturated heterocycles. The Kier molecular flexibility index (Phi) is 9.34. The second-order valence-corrected chi connectivity index (χ2v) is 5.77. The van der Waals surface area contributed by atoms with Gasteiger partial charge in [-0.05, 0) is 23.8 Å². The lowest BCUT2D eigenvalue weighted by Gasteiger charge is -2.09. The highest BCUT2D eigenvalue weighted by Crippen LogP contribution is 2.27. The van der Waals surface area contributed by atoms with Gasteiger partial charge in [0.15, 0.2) is 11.6 Å². The third-order valence-electron chi connectivity index (χ3n) is 3.68. The summed E-state index contributed by atoms with van der Waals surface area (Å²) in [5.74, 6) is -1.08. The van der Waals surface area contributed by atoms with E-state index in [-0.39, 0.29) is 11.5 Å². The van der Waals surface area contributed by atoms with Crippen LogP contribution < -0.4 is 4.74 Å². The van der Waals surface area contributed by atoms with Gasteiger partial charge in [-0.15, -0.1) is 0 Å². The second-order valence-electron chi connectivity index (χ2n) is 5.77. The Balaban J connectivity index is 2.03. The topological polar surface area (TPSA) is 18.5 Å². The molecule has 152 valence electrons. The van der Waals surface area contributed by atoms with E-state index in [1.54, 1.807) is 42.5 Å². The molecule has 0 fully saturated rings. The smallest absolute Gasteiger partial charge is 0.289 e. The molecule has 0 N–H and O–H groups in total. The Bertz CT molecular complexity index is 994. The third kappa shape index (κ3) is 7.24. The molecule has 0 bridgehead atoms. The molecule has 0 unspecified atom stereocenters. The van der Waals surface area contributed by atoms with E-state index in [1.807, 2.05) is 42.5 Å². The standard InChI is InChI=1S/C26H22F2O2/c1-3-5-6-7-8-9-10-11-12-16-25(29-4-2)30-22-19-17-21(18-20-22)23-14-13-15-24(27)26(23)28/h3-20H,1-2H2. The number of rotatable bonds is 10. The lowest BCUT2D eigenvalue weighted by atomic mass is 10.0. The van der Waals surface area contributed by atoms with Crippen molar-refractivity contribution in [1.82, 2.24) is 0 Å². The molecule has 2 rings (SSSR count). The molecule has 0 aromatic heterocycles. The first-order chi connectivity index (χ1) is 14.7. The molecule has 0 atom stereocenters. The summed E-state index contributed by atoms with van der Waals surface area (Å²) in [6, 6.07) is 10.6. The summed E-state index contributed by atoms with van der Waals surface area (Å²) in [7, 11) is 0. The zero-order valence-electron chi connectivity index (χ0n) is 16.4. The van der Waals surface area contributed by atoms with E-state index in [4.69, 9.17) is 9.47 Å². The normalized spacial score (nSPS) is 12.3. The van der Waals surface area contributed by atoms with Crippen molar-refractivity contribution in [3.8, 4) is 16.9 Å². The van der Waals surface area contributed by atoms with Crippen molar-refractivity contribution < 1.29 is 18.3 Å². The zero-order valence-corrected chi connectivity index (χ0v) is 16.4. The summed E-state index contributed by atoms with van der Waals surface area (Å²) in [6.07, 6.45) is 19.3. The molecule has 2 nitrogen and oxygen atoms in total. The predicted molar refractivity (Wildman–Crippen MR) is 119 cm³/mol. The van der Waals surface area contributed by atoms with Crippen molar-refractivity contribution in [2.24, 2.45) is 0 Å². The zero-order chi connectivity index (χ0) is 21.6. The van der Waals surface area contributed by atoms with Gasteiger partial charge in [-0.3, -0.25) is 0 Å². The SMILES string of the molecule is C=CC=CC=CC=CC=CC=C(OC=C)Oc1ccc(-c2cccc(F)c2F)cc1. The van der Waals surface area contributed by atoms with Gasteiger partial charge < -0.3 is 9.47 Å². The fraction of sp³-hybridized carbons (Fsp3) is 0. The molecular formula is C26H22F2O2. The Morgan fingerprint density at radius 2 is 1.40 bits per heavy atom. The van der Waals surface area contributed by atoms with Gasteiger partial charge >= 0.3 is 0 Å². The van der Waals surface area contributed by atoms with E-state index in [0.717, 1.165) is 6.07 Å². The van der Waals surface area contributed by atoms with Crippen LogP contribution in [-0.4, -0.2) is 0 Å². The van der Waals surface area contributed by atoms with Crippen LogP contribution in [0.15, 0.2) is 129 Å². The van der Waals surface area contributed by atoms with E-state index in [2.05, 4.69) is 13.2 Å². The van der Waals surface area contributed by atoms with Gasteiger partial charge in [0.2, 0.25) is 0 Å². The van der Waals surface area contributed by atoms with Gasteiger partial charge in [0.05, 0.1) is 6.26 Å². The van der Waals surface area contributed by atoms with E-state index in [1.165, 1.54) is 18.4 Å². The molecule has 2 aromatic rings. The fourth-order valence-corrected chi connectivity index (χ4v) is 2.32. The van der Waals surface area contributed by atoms with Crippen LogP contribution in [0.5, 0.6) is 5.75 Å². The number of benzene rings is 2. The molecule has 0 aliphatic carbocycles. The van der Waals surface area contributed by atoms with Crippen LogP contribution in [0.2, 0.25) is 0 Å². The fourth-order valence-electron chi connectivity index (χ4n) is 2.32. The highest BCUT2D eigenvalue weighted by atomic mass is 19.2. The summed E-state index contributed by atoms with van der Waals surface area (Å²) in [6.45, 7) is 7.12. The number of halogens is 2. The molecule has 0 heterocycles. The van der Waals surface area contributed by atoms with Gasteiger partial charge in [0.1, 0.15) is 5.75 Å². The van der Waals surface area contributed by atoms with Crippen molar-refractivity contribution in [2.75, 3.05) is 0 Å². The quantitative estimate of drug-likeness (QED) is 0.303. The summed E-state index contributed by atoms with van der Waals surface area (Å²) in [5.41, 5.74) is 0.721. The van der Waals surface area contributed by atoms with E-state index >= 15 is 0 Å². The lowest BCUT2D eigenvalue weighted by Crippen LogP contribution is -1.96. The Morgan fingerprint density at radius 1 is 0.767 bits per heavy atom. The maximum Gasteiger partial charge on any atom is 0.289 e.